The van der Waals surface area contributed by atoms with Gasteiger partial charge in [0.15, 0.2) is 0 Å². The summed E-state index contributed by atoms with van der Waals surface area (Å²) in [5.74, 6) is 0. The van der Waals surface area contributed by atoms with E-state index in [0.29, 0.717) is 12.1 Å². The standard InChI is InChI=1S/C14H22N2/c1-11-5-3-6-12(9-11)10-16(2)14-8-4-7-13(14)15/h3,5-6,9,13-14H,4,7-8,10,15H2,1-2H3. The molecule has 1 aliphatic carbocycles. The van der Waals surface area contributed by atoms with Crippen molar-refractivity contribution in [2.45, 2.75) is 44.8 Å². The maximum Gasteiger partial charge on any atom is 0.0247 e. The monoisotopic (exact) mass is 218 g/mol. The molecule has 0 bridgehead atoms. The summed E-state index contributed by atoms with van der Waals surface area (Å²) in [6.07, 6.45) is 3.72. The zero-order valence-electron chi connectivity index (χ0n) is 10.3. The second kappa shape index (κ2) is 4.98. The lowest BCUT2D eigenvalue weighted by atomic mass is 10.1. The first-order valence-electron chi connectivity index (χ1n) is 6.18. The van der Waals surface area contributed by atoms with Crippen LogP contribution in [0.1, 0.15) is 30.4 Å². The Morgan fingerprint density at radius 2 is 2.19 bits per heavy atom. The molecule has 0 radical (unpaired) electrons. The molecular weight excluding hydrogens is 196 g/mol. The van der Waals surface area contributed by atoms with Gasteiger partial charge in [-0.3, -0.25) is 4.90 Å². The van der Waals surface area contributed by atoms with Crippen molar-refractivity contribution in [3.63, 3.8) is 0 Å². The van der Waals surface area contributed by atoms with Crippen LogP contribution in [0.15, 0.2) is 24.3 Å². The molecule has 1 saturated carbocycles. The van der Waals surface area contributed by atoms with Gasteiger partial charge in [0.05, 0.1) is 0 Å². The SMILES string of the molecule is Cc1cccc(CN(C)C2CCCC2N)c1. The Morgan fingerprint density at radius 3 is 2.81 bits per heavy atom. The topological polar surface area (TPSA) is 29.3 Å². The van der Waals surface area contributed by atoms with E-state index in [1.54, 1.807) is 0 Å². The molecule has 0 aliphatic heterocycles. The van der Waals surface area contributed by atoms with Crippen LogP contribution < -0.4 is 5.73 Å². The molecule has 1 aromatic carbocycles. The molecule has 16 heavy (non-hydrogen) atoms. The summed E-state index contributed by atoms with van der Waals surface area (Å²) in [4.78, 5) is 2.41. The molecule has 0 spiro atoms. The summed E-state index contributed by atoms with van der Waals surface area (Å²) in [5, 5.41) is 0. The Balaban J connectivity index is 1.99. The molecule has 88 valence electrons. The van der Waals surface area contributed by atoms with Gasteiger partial charge in [0.25, 0.3) is 0 Å². The highest BCUT2D eigenvalue weighted by atomic mass is 15.1. The van der Waals surface area contributed by atoms with Crippen molar-refractivity contribution in [1.29, 1.82) is 0 Å². The van der Waals surface area contributed by atoms with Gasteiger partial charge in [-0.15, -0.1) is 0 Å². The van der Waals surface area contributed by atoms with Crippen LogP contribution in [-0.2, 0) is 6.54 Å². The van der Waals surface area contributed by atoms with Gasteiger partial charge >= 0.3 is 0 Å². The summed E-state index contributed by atoms with van der Waals surface area (Å²) < 4.78 is 0. The Labute approximate surface area is 98.4 Å². The van der Waals surface area contributed by atoms with E-state index >= 15 is 0 Å². The van der Waals surface area contributed by atoms with E-state index in [0.717, 1.165) is 6.54 Å². The lowest BCUT2D eigenvalue weighted by molar-refractivity contribution is 0.220. The van der Waals surface area contributed by atoms with Gasteiger partial charge in [0.1, 0.15) is 0 Å². The van der Waals surface area contributed by atoms with Crippen molar-refractivity contribution in [2.75, 3.05) is 7.05 Å². The lowest BCUT2D eigenvalue weighted by Gasteiger charge is -2.27. The predicted molar refractivity (Wildman–Crippen MR) is 68.3 cm³/mol. The van der Waals surface area contributed by atoms with Crippen molar-refractivity contribution in [1.82, 2.24) is 4.90 Å². The van der Waals surface area contributed by atoms with Crippen LogP contribution in [0.25, 0.3) is 0 Å². The van der Waals surface area contributed by atoms with Gasteiger partial charge in [0, 0.05) is 18.6 Å². The molecule has 2 rings (SSSR count). The van der Waals surface area contributed by atoms with Crippen LogP contribution >= 0.6 is 0 Å². The maximum absolute atomic E-state index is 6.12. The molecule has 2 nitrogen and oxygen atoms in total. The first-order valence-corrected chi connectivity index (χ1v) is 6.18. The Morgan fingerprint density at radius 1 is 1.38 bits per heavy atom. The van der Waals surface area contributed by atoms with Crippen molar-refractivity contribution < 1.29 is 0 Å². The van der Waals surface area contributed by atoms with Crippen LogP contribution in [0.3, 0.4) is 0 Å². The molecular formula is C14H22N2. The van der Waals surface area contributed by atoms with Crippen LogP contribution in [-0.4, -0.2) is 24.0 Å². The zero-order chi connectivity index (χ0) is 11.5. The Kier molecular flexibility index (Phi) is 3.62. The fraction of sp³-hybridized carbons (Fsp3) is 0.571. The molecule has 2 heteroatoms. The first-order chi connectivity index (χ1) is 7.66. The van der Waals surface area contributed by atoms with E-state index in [4.69, 9.17) is 5.73 Å². The highest BCUT2D eigenvalue weighted by molar-refractivity contribution is 5.22. The number of hydrogen-bond acceptors (Lipinski definition) is 2. The molecule has 2 unspecified atom stereocenters. The quantitative estimate of drug-likeness (QED) is 0.843. The normalized spacial score (nSPS) is 25.2. The predicted octanol–water partition coefficient (Wildman–Crippen LogP) is 2.31. The number of rotatable bonds is 3. The first kappa shape index (κ1) is 11.6. The van der Waals surface area contributed by atoms with E-state index in [9.17, 15) is 0 Å². The molecule has 1 fully saturated rings. The van der Waals surface area contributed by atoms with E-state index in [1.807, 2.05) is 0 Å². The molecule has 0 aromatic heterocycles. The van der Waals surface area contributed by atoms with Gasteiger partial charge in [-0.25, -0.2) is 0 Å². The van der Waals surface area contributed by atoms with Gasteiger partial charge in [-0.2, -0.15) is 0 Å². The van der Waals surface area contributed by atoms with Crippen LogP contribution in [0.4, 0.5) is 0 Å². The number of likely N-dealkylation sites (N-methyl/N-ethyl adjacent to an activating group) is 1. The summed E-state index contributed by atoms with van der Waals surface area (Å²) in [6, 6.07) is 9.68. The highest BCUT2D eigenvalue weighted by Gasteiger charge is 2.27. The van der Waals surface area contributed by atoms with Gasteiger partial charge in [-0.05, 0) is 32.4 Å². The van der Waals surface area contributed by atoms with Crippen molar-refractivity contribution in [3.8, 4) is 0 Å². The third-order valence-corrected chi connectivity index (χ3v) is 3.61. The minimum absolute atomic E-state index is 0.370. The van der Waals surface area contributed by atoms with E-state index < -0.39 is 0 Å². The molecule has 2 N–H and O–H groups in total. The summed E-state index contributed by atoms with van der Waals surface area (Å²) >= 11 is 0. The minimum Gasteiger partial charge on any atom is -0.326 e. The fourth-order valence-electron chi connectivity index (χ4n) is 2.73. The van der Waals surface area contributed by atoms with E-state index in [-0.39, 0.29) is 0 Å². The van der Waals surface area contributed by atoms with Gasteiger partial charge < -0.3 is 5.73 Å². The largest absolute Gasteiger partial charge is 0.326 e. The van der Waals surface area contributed by atoms with Crippen molar-refractivity contribution in [2.24, 2.45) is 5.73 Å². The molecule has 0 heterocycles. The van der Waals surface area contributed by atoms with Crippen molar-refractivity contribution >= 4 is 0 Å². The summed E-state index contributed by atoms with van der Waals surface area (Å²) in [6.45, 7) is 3.16. The average molecular weight is 218 g/mol. The van der Waals surface area contributed by atoms with Gasteiger partial charge in [0.2, 0.25) is 0 Å². The second-order valence-corrected chi connectivity index (χ2v) is 5.07. The smallest absolute Gasteiger partial charge is 0.0247 e. The van der Waals surface area contributed by atoms with Crippen LogP contribution in [0.2, 0.25) is 0 Å². The summed E-state index contributed by atoms with van der Waals surface area (Å²) in [5.41, 5.74) is 8.85. The van der Waals surface area contributed by atoms with E-state index in [1.165, 1.54) is 30.4 Å². The highest BCUT2D eigenvalue weighted by Crippen LogP contribution is 2.23. The Bertz CT molecular complexity index is 348. The molecule has 0 saturated heterocycles. The van der Waals surface area contributed by atoms with Crippen LogP contribution in [0, 0.1) is 6.92 Å². The molecule has 0 amide bonds. The zero-order valence-corrected chi connectivity index (χ0v) is 10.3. The van der Waals surface area contributed by atoms with E-state index in [2.05, 4.69) is 43.1 Å². The Hall–Kier alpha value is -0.860. The lowest BCUT2D eigenvalue weighted by Crippen LogP contribution is -2.41. The number of nitrogens with zero attached hydrogens (tertiary/aromatic N) is 1. The average Bonchev–Trinajstić information content (AvgIpc) is 2.64. The number of aryl methyl sites for hydroxylation is 1. The summed E-state index contributed by atoms with van der Waals surface area (Å²) in [7, 11) is 2.19. The third-order valence-electron chi connectivity index (χ3n) is 3.61. The molecule has 1 aromatic rings. The number of benzene rings is 1. The number of hydrogen-bond donors (Lipinski definition) is 1. The van der Waals surface area contributed by atoms with Gasteiger partial charge in [-0.1, -0.05) is 36.2 Å². The minimum atomic E-state index is 0.370. The molecule has 2 atom stereocenters. The number of nitrogens with two attached hydrogens (primary N) is 1. The van der Waals surface area contributed by atoms with Crippen molar-refractivity contribution in [3.05, 3.63) is 35.4 Å². The third kappa shape index (κ3) is 2.63. The van der Waals surface area contributed by atoms with Crippen LogP contribution in [0.5, 0.6) is 0 Å². The molecule has 1 aliphatic rings. The second-order valence-electron chi connectivity index (χ2n) is 5.07. The maximum atomic E-state index is 6.12. The fourth-order valence-corrected chi connectivity index (χ4v) is 2.73.